The molecule has 0 bridgehead atoms. The second-order valence-corrected chi connectivity index (χ2v) is 7.64. The van der Waals surface area contributed by atoms with Gasteiger partial charge in [0.15, 0.2) is 0 Å². The van der Waals surface area contributed by atoms with Gasteiger partial charge in [0, 0.05) is 11.5 Å². The van der Waals surface area contributed by atoms with Crippen LogP contribution in [0.25, 0.3) is 10.8 Å². The van der Waals surface area contributed by atoms with Gasteiger partial charge in [-0.3, -0.25) is 9.59 Å². The molecule has 2 aromatic rings. The molecule has 0 saturated heterocycles. The summed E-state index contributed by atoms with van der Waals surface area (Å²) in [6, 6.07) is 10.7. The average Bonchev–Trinajstić information content (AvgIpc) is 3.59. The second kappa shape index (κ2) is 14.9. The van der Waals surface area contributed by atoms with E-state index in [1.807, 2.05) is 63.1 Å². The van der Waals surface area contributed by atoms with E-state index >= 15 is 0 Å². The van der Waals surface area contributed by atoms with Crippen LogP contribution >= 0.6 is 0 Å². The number of benzene rings is 2. The van der Waals surface area contributed by atoms with Crippen LogP contribution in [0.1, 0.15) is 29.8 Å². The Bertz CT molecular complexity index is 976. The molecule has 4 rings (SSSR count). The van der Waals surface area contributed by atoms with Crippen molar-refractivity contribution in [1.29, 1.82) is 0 Å². The van der Waals surface area contributed by atoms with Crippen LogP contribution in [0.15, 0.2) is 36.4 Å². The largest absolute Gasteiger partial charge is 2.00 e. The summed E-state index contributed by atoms with van der Waals surface area (Å²) in [7, 11) is 0. The van der Waals surface area contributed by atoms with Gasteiger partial charge in [-0.15, -0.1) is 0 Å². The van der Waals surface area contributed by atoms with Gasteiger partial charge in [0.1, 0.15) is 6.04 Å². The van der Waals surface area contributed by atoms with Gasteiger partial charge in [0.05, 0.1) is 13.2 Å². The number of hydrogen-bond donors (Lipinski definition) is 2. The van der Waals surface area contributed by atoms with Crippen LogP contribution in [0.2, 0.25) is 0 Å². The van der Waals surface area contributed by atoms with E-state index < -0.39 is 17.9 Å². The molecule has 2 aliphatic carbocycles. The Morgan fingerprint density at radius 1 is 0.857 bits per heavy atom. The molecule has 2 fully saturated rings. The first-order valence-corrected chi connectivity index (χ1v) is 11.1. The third kappa shape index (κ3) is 8.97. The maximum absolute atomic E-state index is 12.4. The van der Waals surface area contributed by atoms with Gasteiger partial charge in [0.25, 0.3) is 5.91 Å². The van der Waals surface area contributed by atoms with Crippen LogP contribution in [0, 0.1) is 63.7 Å². The zero-order chi connectivity index (χ0) is 24.3. The normalized spacial score (nSPS) is 15.9. The summed E-state index contributed by atoms with van der Waals surface area (Å²) in [5.74, 6) is -0.176. The number of hydrogen-bond acceptors (Lipinski definition) is 4. The molecule has 10 radical (unpaired) electrons. The van der Waals surface area contributed by atoms with E-state index in [0.29, 0.717) is 5.56 Å². The molecule has 2 aromatic carbocycles. The van der Waals surface area contributed by atoms with Crippen molar-refractivity contribution < 1.29 is 36.2 Å². The molecule has 180 valence electrons. The summed E-state index contributed by atoms with van der Waals surface area (Å²) in [6.45, 7) is 3.24. The first-order chi connectivity index (χ1) is 16.5. The molecule has 1 atom stereocenters. The molecule has 0 aliphatic heterocycles. The molecule has 0 spiro atoms. The van der Waals surface area contributed by atoms with E-state index in [-0.39, 0.29) is 36.1 Å². The number of ether oxygens (including phenoxy) is 1. The fourth-order valence-corrected chi connectivity index (χ4v) is 3.34. The van der Waals surface area contributed by atoms with Gasteiger partial charge in [0.2, 0.25) is 5.91 Å². The quantitative estimate of drug-likeness (QED) is 0.440. The minimum Gasteiger partial charge on any atom is -0.464 e. The summed E-state index contributed by atoms with van der Waals surface area (Å²) in [5.41, 5.74) is 1.58. The zero-order valence-electron chi connectivity index (χ0n) is 19.6. The molecule has 0 aromatic heterocycles. The van der Waals surface area contributed by atoms with E-state index in [0.717, 1.165) is 22.3 Å². The van der Waals surface area contributed by atoms with E-state index in [1.54, 1.807) is 19.1 Å². The number of carbonyl (C=O) groups excluding carboxylic acids is 3. The molecule has 2 saturated carbocycles. The van der Waals surface area contributed by atoms with Crippen molar-refractivity contribution in [3.05, 3.63) is 111 Å². The van der Waals surface area contributed by atoms with Crippen LogP contribution in [-0.4, -0.2) is 37.0 Å². The minimum absolute atomic E-state index is 0. The van der Waals surface area contributed by atoms with Gasteiger partial charge in [-0.2, -0.15) is 0 Å². The molecule has 7 heteroatoms. The Balaban J connectivity index is 0.000000640. The molecule has 0 unspecified atom stereocenters. The summed E-state index contributed by atoms with van der Waals surface area (Å²) >= 11 is 0. The standard InChI is InChI=1S/C23H23N2O4.C5H5.Fe/c1-3-29-23(28)15(2)25-21(26)14-24-22(27)20-11-10-18-12-17(8-9-19(18)13-20)16-6-4-5-7-16;1-2-4-5-3-1;/h4-13,15H,3,14H2,1-2H3,(H,24,27)(H,25,26);1-5H;/q;;+2/t15-;;/m1../s1. The molecule has 6 nitrogen and oxygen atoms in total. The maximum Gasteiger partial charge on any atom is 2.00 e. The summed E-state index contributed by atoms with van der Waals surface area (Å²) in [4.78, 5) is 35.8. The Kier molecular flexibility index (Phi) is 12.3. The van der Waals surface area contributed by atoms with Crippen molar-refractivity contribution in [2.24, 2.45) is 0 Å². The van der Waals surface area contributed by atoms with Crippen molar-refractivity contribution in [1.82, 2.24) is 10.6 Å². The molecule has 35 heavy (non-hydrogen) atoms. The van der Waals surface area contributed by atoms with Gasteiger partial charge in [-0.25, -0.2) is 4.79 Å². The minimum atomic E-state index is -0.767. The summed E-state index contributed by atoms with van der Waals surface area (Å²) in [5, 5.41) is 7.03. The molecular weight excluding hydrogens is 484 g/mol. The van der Waals surface area contributed by atoms with E-state index in [4.69, 9.17) is 4.74 Å². The molecular formula is C28H28FeN2O4+2. The molecule has 2 N–H and O–H groups in total. The van der Waals surface area contributed by atoms with Gasteiger partial charge in [-0.05, 0) is 100 Å². The zero-order valence-corrected chi connectivity index (χ0v) is 20.7. The van der Waals surface area contributed by atoms with Crippen molar-refractivity contribution in [2.75, 3.05) is 13.2 Å². The number of nitrogens with one attached hydrogen (secondary N) is 2. The SMILES string of the molecule is CCOC(=O)[C@@H](C)NC(=O)CNC(=O)c1ccc2cc([C]3[CH][CH][CH][CH]3)ccc2c1.[CH]1[CH][CH][CH][CH]1.[Fe+2]. The van der Waals surface area contributed by atoms with Crippen molar-refractivity contribution >= 4 is 28.6 Å². The monoisotopic (exact) mass is 512 g/mol. The summed E-state index contributed by atoms with van der Waals surface area (Å²) < 4.78 is 4.83. The van der Waals surface area contributed by atoms with Crippen LogP contribution in [0.3, 0.4) is 0 Å². The maximum atomic E-state index is 12.4. The van der Waals surface area contributed by atoms with Crippen LogP contribution in [0.4, 0.5) is 0 Å². The number of fused-ring (bicyclic) bond motifs is 1. The van der Waals surface area contributed by atoms with E-state index in [2.05, 4.69) is 29.5 Å². The molecule has 2 amide bonds. The predicted molar refractivity (Wildman–Crippen MR) is 132 cm³/mol. The first-order valence-electron chi connectivity index (χ1n) is 11.1. The third-order valence-corrected chi connectivity index (χ3v) is 5.08. The fraction of sp³-hybridized carbons (Fsp3) is 0.179. The second-order valence-electron chi connectivity index (χ2n) is 7.64. The van der Waals surface area contributed by atoms with Crippen LogP contribution in [0.5, 0.6) is 0 Å². The van der Waals surface area contributed by atoms with Gasteiger partial charge < -0.3 is 15.4 Å². The topological polar surface area (TPSA) is 84.5 Å². The Morgan fingerprint density at radius 2 is 1.46 bits per heavy atom. The first kappa shape index (κ1) is 28.9. The Labute approximate surface area is 219 Å². The van der Waals surface area contributed by atoms with Gasteiger partial charge in [-0.1, -0.05) is 24.3 Å². The van der Waals surface area contributed by atoms with E-state index in [9.17, 15) is 14.4 Å². The molecule has 0 heterocycles. The number of carbonyl (C=O) groups is 3. The van der Waals surface area contributed by atoms with Crippen molar-refractivity contribution in [3.63, 3.8) is 0 Å². The predicted octanol–water partition coefficient (Wildman–Crippen LogP) is 3.41. The molecule has 2 aliphatic rings. The Hall–Kier alpha value is -2.37. The fourth-order valence-electron chi connectivity index (χ4n) is 3.34. The third-order valence-electron chi connectivity index (χ3n) is 5.08. The smallest absolute Gasteiger partial charge is 0.464 e. The van der Waals surface area contributed by atoms with Gasteiger partial charge >= 0.3 is 23.0 Å². The number of esters is 1. The number of rotatable bonds is 7. The number of amides is 2. The van der Waals surface area contributed by atoms with E-state index in [1.165, 1.54) is 6.92 Å². The Morgan fingerprint density at radius 3 is 2.09 bits per heavy atom. The van der Waals surface area contributed by atoms with Crippen molar-refractivity contribution in [3.8, 4) is 0 Å². The van der Waals surface area contributed by atoms with Crippen molar-refractivity contribution in [2.45, 2.75) is 19.9 Å². The van der Waals surface area contributed by atoms with Crippen LogP contribution < -0.4 is 10.6 Å². The van der Waals surface area contributed by atoms with Crippen LogP contribution in [-0.2, 0) is 31.4 Å². The average molecular weight is 512 g/mol. The summed E-state index contributed by atoms with van der Waals surface area (Å²) in [6.07, 6.45) is 18.1.